The van der Waals surface area contributed by atoms with Crippen LogP contribution in [-0.4, -0.2) is 14.1 Å². The zero-order valence-corrected chi connectivity index (χ0v) is 10.8. The highest BCUT2D eigenvalue weighted by atomic mass is 32.1. The lowest BCUT2D eigenvalue weighted by molar-refractivity contribution is 1.12. The van der Waals surface area contributed by atoms with Gasteiger partial charge in [0.1, 0.15) is 0 Å². The zero-order chi connectivity index (χ0) is 11.5. The molecule has 1 heterocycles. The van der Waals surface area contributed by atoms with Gasteiger partial charge in [0.25, 0.3) is 0 Å². The van der Waals surface area contributed by atoms with Gasteiger partial charge in [-0.25, -0.2) is 0 Å². The molecule has 1 nitrogen and oxygen atoms in total. The van der Waals surface area contributed by atoms with Gasteiger partial charge in [-0.05, 0) is 48.1 Å². The fraction of sp³-hybridized carbons (Fsp3) is 0.286. The molecule has 0 N–H and O–H groups in total. The quantitative estimate of drug-likeness (QED) is 0.778. The number of thiophene rings is 1. The molecular weight excluding hydrogens is 214 g/mol. The SMILES string of the molecule is Cc1sccc1Cc1ccc(N(C)C)cc1. The smallest absolute Gasteiger partial charge is 0.0361 e. The Hall–Kier alpha value is -1.28. The van der Waals surface area contributed by atoms with Crippen LogP contribution in [-0.2, 0) is 6.42 Å². The third kappa shape index (κ3) is 2.45. The first-order chi connectivity index (χ1) is 7.66. The van der Waals surface area contributed by atoms with Gasteiger partial charge >= 0.3 is 0 Å². The number of aryl methyl sites for hydroxylation is 1. The predicted molar refractivity (Wildman–Crippen MR) is 72.6 cm³/mol. The van der Waals surface area contributed by atoms with Crippen LogP contribution in [0.25, 0.3) is 0 Å². The van der Waals surface area contributed by atoms with Crippen LogP contribution in [0.4, 0.5) is 5.69 Å². The topological polar surface area (TPSA) is 3.24 Å². The summed E-state index contributed by atoms with van der Waals surface area (Å²) in [5.41, 5.74) is 4.08. The van der Waals surface area contributed by atoms with E-state index >= 15 is 0 Å². The number of rotatable bonds is 3. The van der Waals surface area contributed by atoms with Crippen molar-refractivity contribution in [1.29, 1.82) is 0 Å². The molecule has 0 aliphatic heterocycles. The van der Waals surface area contributed by atoms with Crippen molar-refractivity contribution in [3.05, 3.63) is 51.7 Å². The summed E-state index contributed by atoms with van der Waals surface area (Å²) in [5, 5.41) is 2.17. The molecule has 1 aromatic heterocycles. The minimum atomic E-state index is 1.04. The van der Waals surface area contributed by atoms with E-state index in [1.807, 2.05) is 11.3 Å². The highest BCUT2D eigenvalue weighted by Gasteiger charge is 2.01. The molecule has 2 heteroatoms. The van der Waals surface area contributed by atoms with Crippen molar-refractivity contribution in [3.63, 3.8) is 0 Å². The van der Waals surface area contributed by atoms with Gasteiger partial charge in [0, 0.05) is 24.7 Å². The molecule has 84 valence electrons. The van der Waals surface area contributed by atoms with E-state index in [-0.39, 0.29) is 0 Å². The molecule has 0 bridgehead atoms. The van der Waals surface area contributed by atoms with E-state index in [0.29, 0.717) is 0 Å². The molecule has 2 aromatic rings. The number of hydrogen-bond donors (Lipinski definition) is 0. The van der Waals surface area contributed by atoms with Gasteiger partial charge in [-0.15, -0.1) is 11.3 Å². The molecule has 0 spiro atoms. The van der Waals surface area contributed by atoms with E-state index in [4.69, 9.17) is 0 Å². The summed E-state index contributed by atoms with van der Waals surface area (Å²) < 4.78 is 0. The van der Waals surface area contributed by atoms with E-state index in [0.717, 1.165) is 6.42 Å². The molecule has 0 unspecified atom stereocenters. The fourth-order valence-electron chi connectivity index (χ4n) is 1.73. The molecule has 0 radical (unpaired) electrons. The molecule has 0 atom stereocenters. The Morgan fingerprint density at radius 1 is 1.06 bits per heavy atom. The second-order valence-corrected chi connectivity index (χ2v) is 5.36. The van der Waals surface area contributed by atoms with Gasteiger partial charge in [-0.3, -0.25) is 0 Å². The third-order valence-corrected chi connectivity index (χ3v) is 3.70. The number of hydrogen-bond acceptors (Lipinski definition) is 2. The Morgan fingerprint density at radius 2 is 1.75 bits per heavy atom. The summed E-state index contributed by atoms with van der Waals surface area (Å²) in [7, 11) is 4.13. The first-order valence-corrected chi connectivity index (χ1v) is 6.34. The summed E-state index contributed by atoms with van der Waals surface area (Å²) in [6, 6.07) is 11.0. The van der Waals surface area contributed by atoms with E-state index in [1.54, 1.807) is 0 Å². The van der Waals surface area contributed by atoms with Gasteiger partial charge < -0.3 is 4.90 Å². The van der Waals surface area contributed by atoms with E-state index < -0.39 is 0 Å². The summed E-state index contributed by atoms with van der Waals surface area (Å²) in [5.74, 6) is 0. The van der Waals surface area contributed by atoms with Crippen LogP contribution in [0.5, 0.6) is 0 Å². The predicted octanol–water partition coefficient (Wildman–Crippen LogP) is 3.71. The average Bonchev–Trinajstić information content (AvgIpc) is 2.65. The second-order valence-electron chi connectivity index (χ2n) is 4.24. The monoisotopic (exact) mass is 231 g/mol. The highest BCUT2D eigenvalue weighted by molar-refractivity contribution is 7.10. The van der Waals surface area contributed by atoms with Crippen molar-refractivity contribution >= 4 is 17.0 Å². The lowest BCUT2D eigenvalue weighted by Gasteiger charge is -2.12. The lowest BCUT2D eigenvalue weighted by atomic mass is 10.1. The van der Waals surface area contributed by atoms with Crippen molar-refractivity contribution in [2.24, 2.45) is 0 Å². The maximum Gasteiger partial charge on any atom is 0.0361 e. The zero-order valence-electron chi connectivity index (χ0n) is 10.0. The van der Waals surface area contributed by atoms with E-state index in [1.165, 1.54) is 21.7 Å². The van der Waals surface area contributed by atoms with Crippen molar-refractivity contribution in [2.75, 3.05) is 19.0 Å². The third-order valence-electron chi connectivity index (χ3n) is 2.81. The maximum atomic E-state index is 2.22. The molecule has 0 saturated carbocycles. The van der Waals surface area contributed by atoms with Crippen LogP contribution >= 0.6 is 11.3 Å². The van der Waals surface area contributed by atoms with E-state index in [2.05, 4.69) is 61.6 Å². The Bertz CT molecular complexity index is 454. The van der Waals surface area contributed by atoms with Crippen molar-refractivity contribution in [2.45, 2.75) is 13.3 Å². The summed E-state index contributed by atoms with van der Waals surface area (Å²) in [6.07, 6.45) is 1.04. The van der Waals surface area contributed by atoms with Crippen LogP contribution in [0.2, 0.25) is 0 Å². The largest absolute Gasteiger partial charge is 0.378 e. The fourth-order valence-corrected chi connectivity index (χ4v) is 2.45. The molecular formula is C14H17NS. The average molecular weight is 231 g/mol. The van der Waals surface area contributed by atoms with Gasteiger partial charge in [0.15, 0.2) is 0 Å². The summed E-state index contributed by atoms with van der Waals surface area (Å²) >= 11 is 1.82. The minimum Gasteiger partial charge on any atom is -0.378 e. The molecule has 1 aromatic carbocycles. The molecule has 0 aliphatic rings. The summed E-state index contributed by atoms with van der Waals surface area (Å²) in [4.78, 5) is 3.55. The molecule has 16 heavy (non-hydrogen) atoms. The van der Waals surface area contributed by atoms with Crippen molar-refractivity contribution in [1.82, 2.24) is 0 Å². The number of anilines is 1. The van der Waals surface area contributed by atoms with Gasteiger partial charge in [0.2, 0.25) is 0 Å². The summed E-state index contributed by atoms with van der Waals surface area (Å²) in [6.45, 7) is 2.19. The van der Waals surface area contributed by atoms with Gasteiger partial charge in [0.05, 0.1) is 0 Å². The van der Waals surface area contributed by atoms with Crippen LogP contribution in [0.1, 0.15) is 16.0 Å². The van der Waals surface area contributed by atoms with Crippen molar-refractivity contribution in [3.8, 4) is 0 Å². The normalized spacial score (nSPS) is 10.4. The minimum absolute atomic E-state index is 1.04. The highest BCUT2D eigenvalue weighted by Crippen LogP contribution is 2.20. The Kier molecular flexibility index (Phi) is 3.30. The molecule has 0 fully saturated rings. The number of benzene rings is 1. The van der Waals surface area contributed by atoms with Crippen LogP contribution < -0.4 is 4.90 Å². The molecule has 0 saturated heterocycles. The van der Waals surface area contributed by atoms with Gasteiger partial charge in [-0.2, -0.15) is 0 Å². The molecule has 0 amide bonds. The maximum absolute atomic E-state index is 2.22. The Balaban J connectivity index is 2.14. The Labute approximate surface area is 101 Å². The van der Waals surface area contributed by atoms with Crippen LogP contribution in [0.3, 0.4) is 0 Å². The van der Waals surface area contributed by atoms with Crippen LogP contribution in [0, 0.1) is 6.92 Å². The number of nitrogens with zero attached hydrogens (tertiary/aromatic N) is 1. The molecule has 2 rings (SSSR count). The first kappa shape index (κ1) is 11.2. The van der Waals surface area contributed by atoms with Crippen LogP contribution in [0.15, 0.2) is 35.7 Å². The van der Waals surface area contributed by atoms with Crippen molar-refractivity contribution < 1.29 is 0 Å². The lowest BCUT2D eigenvalue weighted by Crippen LogP contribution is -2.08. The second kappa shape index (κ2) is 4.71. The van der Waals surface area contributed by atoms with Gasteiger partial charge in [-0.1, -0.05) is 12.1 Å². The standard InChI is InChI=1S/C14H17NS/c1-11-13(8-9-16-11)10-12-4-6-14(7-5-12)15(2)3/h4-9H,10H2,1-3H3. The Morgan fingerprint density at radius 3 is 2.25 bits per heavy atom. The first-order valence-electron chi connectivity index (χ1n) is 5.46. The van der Waals surface area contributed by atoms with E-state index in [9.17, 15) is 0 Å². The molecule has 0 aliphatic carbocycles.